The standard InChI is InChI=1S/C22H28N4O2S/c1-14-5-6-17-18(12-14)29-22-19(17)21(27)23-20(24-22)15(2)26-9-7-25(8-10-26)13-16-4-3-11-28-16/h3-4,11,14-15H,5-10,12-13H2,1-2H3,(H,23,24,27). The summed E-state index contributed by atoms with van der Waals surface area (Å²) in [7, 11) is 0. The smallest absolute Gasteiger partial charge is 0.259 e. The van der Waals surface area contributed by atoms with Crippen molar-refractivity contribution in [1.29, 1.82) is 0 Å². The highest BCUT2D eigenvalue weighted by atomic mass is 32.1. The van der Waals surface area contributed by atoms with Crippen molar-refractivity contribution in [1.82, 2.24) is 19.8 Å². The summed E-state index contributed by atoms with van der Waals surface area (Å²) in [5, 5.41) is 0.844. The van der Waals surface area contributed by atoms with E-state index < -0.39 is 0 Å². The Bertz CT molecular complexity index is 1050. The molecule has 0 aromatic carbocycles. The van der Waals surface area contributed by atoms with Crippen LogP contribution in [0.4, 0.5) is 0 Å². The fourth-order valence-corrected chi connectivity index (χ4v) is 6.06. The molecule has 1 fully saturated rings. The Morgan fingerprint density at radius 2 is 2.17 bits per heavy atom. The zero-order chi connectivity index (χ0) is 20.0. The summed E-state index contributed by atoms with van der Waals surface area (Å²) in [6.45, 7) is 9.21. The average Bonchev–Trinajstić information content (AvgIpc) is 3.35. The molecule has 3 aromatic heterocycles. The maximum Gasteiger partial charge on any atom is 0.259 e. The molecule has 1 N–H and O–H groups in total. The molecule has 2 aliphatic rings. The maximum absolute atomic E-state index is 12.9. The van der Waals surface area contributed by atoms with E-state index in [0.29, 0.717) is 5.92 Å². The molecule has 1 aliphatic carbocycles. The van der Waals surface area contributed by atoms with Gasteiger partial charge in [0.1, 0.15) is 16.4 Å². The highest BCUT2D eigenvalue weighted by molar-refractivity contribution is 7.18. The Morgan fingerprint density at radius 1 is 1.34 bits per heavy atom. The first-order valence-electron chi connectivity index (χ1n) is 10.6. The number of hydrogen-bond acceptors (Lipinski definition) is 6. The summed E-state index contributed by atoms with van der Waals surface area (Å²) in [5.41, 5.74) is 1.29. The number of H-pyrrole nitrogens is 1. The number of nitrogens with zero attached hydrogens (tertiary/aromatic N) is 3. The molecule has 7 heteroatoms. The molecule has 6 nitrogen and oxygen atoms in total. The van der Waals surface area contributed by atoms with E-state index in [0.717, 1.165) is 67.4 Å². The van der Waals surface area contributed by atoms with Gasteiger partial charge >= 0.3 is 0 Å². The molecule has 0 saturated carbocycles. The van der Waals surface area contributed by atoms with Crippen LogP contribution < -0.4 is 5.56 Å². The van der Waals surface area contributed by atoms with Crippen molar-refractivity contribution in [2.45, 2.75) is 45.7 Å². The first-order valence-corrected chi connectivity index (χ1v) is 11.4. The first-order chi connectivity index (χ1) is 14.1. The second-order valence-corrected chi connectivity index (χ2v) is 9.63. The zero-order valence-electron chi connectivity index (χ0n) is 17.1. The molecule has 3 aromatic rings. The average molecular weight is 413 g/mol. The molecule has 2 atom stereocenters. The summed E-state index contributed by atoms with van der Waals surface area (Å²) in [5.74, 6) is 2.51. The number of aryl methyl sites for hydroxylation is 1. The van der Waals surface area contributed by atoms with Crippen LogP contribution >= 0.6 is 11.3 Å². The van der Waals surface area contributed by atoms with Gasteiger partial charge < -0.3 is 9.40 Å². The zero-order valence-corrected chi connectivity index (χ0v) is 17.9. The highest BCUT2D eigenvalue weighted by Crippen LogP contribution is 2.36. The molecular formula is C22H28N4O2S. The van der Waals surface area contributed by atoms with Crippen molar-refractivity contribution in [3.63, 3.8) is 0 Å². The van der Waals surface area contributed by atoms with Crippen LogP contribution in [0.3, 0.4) is 0 Å². The Morgan fingerprint density at radius 3 is 2.93 bits per heavy atom. The number of thiophene rings is 1. The summed E-state index contributed by atoms with van der Waals surface area (Å²) in [6, 6.07) is 4.07. The summed E-state index contributed by atoms with van der Waals surface area (Å²) in [4.78, 5) is 28.0. The molecule has 0 amide bonds. The lowest BCUT2D eigenvalue weighted by Gasteiger charge is -2.37. The van der Waals surface area contributed by atoms with E-state index in [1.54, 1.807) is 17.6 Å². The van der Waals surface area contributed by atoms with Gasteiger partial charge in [0.05, 0.1) is 24.2 Å². The third-order valence-electron chi connectivity index (χ3n) is 6.49. The number of piperazine rings is 1. The van der Waals surface area contributed by atoms with E-state index in [-0.39, 0.29) is 11.6 Å². The normalized spacial score (nSPS) is 22.1. The second kappa shape index (κ2) is 7.70. The molecule has 0 spiro atoms. The van der Waals surface area contributed by atoms with Crippen LogP contribution in [0.15, 0.2) is 27.6 Å². The van der Waals surface area contributed by atoms with Gasteiger partial charge in [-0.3, -0.25) is 14.6 Å². The van der Waals surface area contributed by atoms with Crippen LogP contribution in [-0.2, 0) is 19.4 Å². The van der Waals surface area contributed by atoms with Gasteiger partial charge in [-0.15, -0.1) is 11.3 Å². The minimum Gasteiger partial charge on any atom is -0.468 e. The maximum atomic E-state index is 12.9. The SMILES string of the molecule is CC1CCc2c(sc3nc(C(C)N4CCN(Cc5ccco5)CC4)[nH]c(=O)c23)C1. The van der Waals surface area contributed by atoms with Gasteiger partial charge in [-0.2, -0.15) is 0 Å². The minimum atomic E-state index is 0.0420. The molecule has 0 radical (unpaired) electrons. The van der Waals surface area contributed by atoms with Gasteiger partial charge in [-0.25, -0.2) is 4.98 Å². The molecule has 1 aliphatic heterocycles. The van der Waals surface area contributed by atoms with Crippen LogP contribution in [0.1, 0.15) is 48.3 Å². The summed E-state index contributed by atoms with van der Waals surface area (Å²) < 4.78 is 5.47. The van der Waals surface area contributed by atoms with Gasteiger partial charge in [-0.05, 0) is 49.8 Å². The van der Waals surface area contributed by atoms with Crippen LogP contribution in [0.25, 0.3) is 10.2 Å². The molecular weight excluding hydrogens is 384 g/mol. The third-order valence-corrected chi connectivity index (χ3v) is 7.64. The van der Waals surface area contributed by atoms with Crippen molar-refractivity contribution < 1.29 is 4.42 Å². The topological polar surface area (TPSA) is 65.4 Å². The van der Waals surface area contributed by atoms with Crippen molar-refractivity contribution in [3.05, 3.63) is 50.8 Å². The van der Waals surface area contributed by atoms with Crippen molar-refractivity contribution in [2.24, 2.45) is 5.92 Å². The number of aromatic nitrogens is 2. The minimum absolute atomic E-state index is 0.0420. The number of furan rings is 1. The number of fused-ring (bicyclic) bond motifs is 3. The predicted octanol–water partition coefficient (Wildman–Crippen LogP) is 3.58. The molecule has 4 heterocycles. The Labute approximate surface area is 174 Å². The van der Waals surface area contributed by atoms with E-state index in [2.05, 4.69) is 28.6 Å². The summed E-state index contributed by atoms with van der Waals surface area (Å²) in [6.07, 6.45) is 4.99. The van der Waals surface area contributed by atoms with E-state index in [1.807, 2.05) is 12.1 Å². The molecule has 29 heavy (non-hydrogen) atoms. The number of nitrogens with one attached hydrogen (secondary N) is 1. The second-order valence-electron chi connectivity index (χ2n) is 8.55. The van der Waals surface area contributed by atoms with Gasteiger partial charge in [-0.1, -0.05) is 6.92 Å². The van der Waals surface area contributed by atoms with Gasteiger partial charge in [0, 0.05) is 31.1 Å². The fraction of sp³-hybridized carbons (Fsp3) is 0.545. The van der Waals surface area contributed by atoms with Crippen LogP contribution in [0.5, 0.6) is 0 Å². The summed E-state index contributed by atoms with van der Waals surface area (Å²) >= 11 is 1.73. The van der Waals surface area contributed by atoms with E-state index in [9.17, 15) is 4.79 Å². The van der Waals surface area contributed by atoms with E-state index in [1.165, 1.54) is 16.9 Å². The third kappa shape index (κ3) is 3.67. The van der Waals surface area contributed by atoms with Crippen LogP contribution in [0.2, 0.25) is 0 Å². The molecule has 5 rings (SSSR count). The highest BCUT2D eigenvalue weighted by Gasteiger charge is 2.27. The molecule has 2 unspecified atom stereocenters. The van der Waals surface area contributed by atoms with Gasteiger partial charge in [0.15, 0.2) is 0 Å². The molecule has 154 valence electrons. The Balaban J connectivity index is 1.32. The van der Waals surface area contributed by atoms with E-state index >= 15 is 0 Å². The van der Waals surface area contributed by atoms with E-state index in [4.69, 9.17) is 9.40 Å². The quantitative estimate of drug-likeness (QED) is 0.710. The Hall–Kier alpha value is -1.96. The lowest BCUT2D eigenvalue weighted by molar-refractivity contribution is 0.0905. The molecule has 0 bridgehead atoms. The van der Waals surface area contributed by atoms with Crippen molar-refractivity contribution in [2.75, 3.05) is 26.2 Å². The lowest BCUT2D eigenvalue weighted by atomic mass is 9.89. The lowest BCUT2D eigenvalue weighted by Crippen LogP contribution is -2.47. The predicted molar refractivity (Wildman–Crippen MR) is 115 cm³/mol. The van der Waals surface area contributed by atoms with Gasteiger partial charge in [0.25, 0.3) is 5.56 Å². The largest absolute Gasteiger partial charge is 0.468 e. The Kier molecular flexibility index (Phi) is 5.05. The van der Waals surface area contributed by atoms with Crippen LogP contribution in [0, 0.1) is 5.92 Å². The number of hydrogen-bond donors (Lipinski definition) is 1. The monoisotopic (exact) mass is 412 g/mol. The molecule has 1 saturated heterocycles. The van der Waals surface area contributed by atoms with Gasteiger partial charge in [0.2, 0.25) is 0 Å². The van der Waals surface area contributed by atoms with Crippen molar-refractivity contribution in [3.8, 4) is 0 Å². The first kappa shape index (κ1) is 19.0. The number of aromatic amines is 1. The number of rotatable bonds is 4. The fourth-order valence-electron chi connectivity index (χ4n) is 4.67. The van der Waals surface area contributed by atoms with Crippen LogP contribution in [-0.4, -0.2) is 45.9 Å². The van der Waals surface area contributed by atoms with Crippen molar-refractivity contribution >= 4 is 21.6 Å².